The van der Waals surface area contributed by atoms with Gasteiger partial charge < -0.3 is 10.1 Å². The van der Waals surface area contributed by atoms with E-state index in [1.165, 1.54) is 36.4 Å². The average Bonchev–Trinajstić information content (AvgIpc) is 3.12. The number of imide groups is 1. The van der Waals surface area contributed by atoms with E-state index in [-0.39, 0.29) is 21.9 Å². The second-order valence-electron chi connectivity index (χ2n) is 7.45. The molecule has 0 atom stereocenters. The van der Waals surface area contributed by atoms with Crippen LogP contribution in [0.5, 0.6) is 5.75 Å². The number of nitro benzene ring substituents is 1. The predicted octanol–water partition coefficient (Wildman–Crippen LogP) is 4.49. The summed E-state index contributed by atoms with van der Waals surface area (Å²) in [5.74, 6) is -1.78. The minimum Gasteiger partial charge on any atom is -0.423 e. The lowest BCUT2D eigenvalue weighted by molar-refractivity contribution is -0.384. The van der Waals surface area contributed by atoms with Gasteiger partial charge >= 0.3 is 5.97 Å². The van der Waals surface area contributed by atoms with Crippen LogP contribution in [0, 0.1) is 10.1 Å². The fourth-order valence-corrected chi connectivity index (χ4v) is 4.07. The number of carbonyl (C=O) groups is 4. The Kier molecular flexibility index (Phi) is 7.21. The summed E-state index contributed by atoms with van der Waals surface area (Å²) in [4.78, 5) is 61.0. The van der Waals surface area contributed by atoms with Crippen LogP contribution in [0.2, 0.25) is 0 Å². The van der Waals surface area contributed by atoms with Crippen LogP contribution in [0.25, 0.3) is 6.08 Å². The first-order chi connectivity index (χ1) is 17.3. The number of rotatable bonds is 7. The van der Waals surface area contributed by atoms with Crippen LogP contribution in [0.15, 0.2) is 83.8 Å². The molecule has 1 aliphatic rings. The van der Waals surface area contributed by atoms with Gasteiger partial charge in [0.1, 0.15) is 12.3 Å². The zero-order valence-electron chi connectivity index (χ0n) is 18.5. The molecule has 3 amide bonds. The highest BCUT2D eigenvalue weighted by molar-refractivity contribution is 8.18. The van der Waals surface area contributed by atoms with Gasteiger partial charge in [-0.1, -0.05) is 36.4 Å². The lowest BCUT2D eigenvalue weighted by Gasteiger charge is -2.12. The first kappa shape index (κ1) is 24.4. The van der Waals surface area contributed by atoms with Crippen molar-refractivity contribution in [2.45, 2.75) is 0 Å². The second kappa shape index (κ2) is 10.7. The monoisotopic (exact) mass is 503 g/mol. The minimum atomic E-state index is -0.791. The van der Waals surface area contributed by atoms with Crippen molar-refractivity contribution < 1.29 is 28.8 Å². The highest BCUT2D eigenvalue weighted by Crippen LogP contribution is 2.32. The Balaban J connectivity index is 1.44. The van der Waals surface area contributed by atoms with Crippen molar-refractivity contribution in [2.75, 3.05) is 11.9 Å². The molecule has 0 radical (unpaired) electrons. The van der Waals surface area contributed by atoms with E-state index in [1.807, 2.05) is 0 Å². The van der Waals surface area contributed by atoms with E-state index < -0.39 is 34.5 Å². The van der Waals surface area contributed by atoms with Crippen molar-refractivity contribution in [2.24, 2.45) is 0 Å². The van der Waals surface area contributed by atoms with Crippen molar-refractivity contribution >= 4 is 52.2 Å². The van der Waals surface area contributed by atoms with Crippen molar-refractivity contribution in [3.63, 3.8) is 0 Å². The molecule has 1 N–H and O–H groups in total. The lowest BCUT2D eigenvalue weighted by atomic mass is 10.2. The van der Waals surface area contributed by atoms with E-state index in [0.29, 0.717) is 23.0 Å². The molecule has 4 rings (SSSR count). The molecule has 1 fully saturated rings. The Morgan fingerprint density at radius 3 is 2.50 bits per heavy atom. The number of nitrogens with zero attached hydrogens (tertiary/aromatic N) is 2. The second-order valence-corrected chi connectivity index (χ2v) is 8.44. The van der Waals surface area contributed by atoms with Crippen molar-refractivity contribution in [1.82, 2.24) is 4.90 Å². The maximum atomic E-state index is 12.7. The number of hydrogen-bond donors (Lipinski definition) is 1. The molecule has 36 heavy (non-hydrogen) atoms. The Morgan fingerprint density at radius 2 is 1.75 bits per heavy atom. The number of carbonyl (C=O) groups excluding carboxylic acids is 4. The summed E-state index contributed by atoms with van der Waals surface area (Å²) in [5, 5.41) is 13.0. The van der Waals surface area contributed by atoms with E-state index in [1.54, 1.807) is 42.5 Å². The third kappa shape index (κ3) is 5.83. The average molecular weight is 503 g/mol. The highest BCUT2D eigenvalue weighted by atomic mass is 32.2. The number of benzene rings is 3. The highest BCUT2D eigenvalue weighted by Gasteiger charge is 2.36. The van der Waals surface area contributed by atoms with E-state index in [4.69, 9.17) is 4.74 Å². The summed E-state index contributed by atoms with van der Waals surface area (Å²) in [6.45, 7) is -0.433. The van der Waals surface area contributed by atoms with Gasteiger partial charge in [0.15, 0.2) is 0 Å². The summed E-state index contributed by atoms with van der Waals surface area (Å²) >= 11 is 0.693. The Labute approximate surface area is 208 Å². The van der Waals surface area contributed by atoms with Gasteiger partial charge in [-0.2, -0.15) is 0 Å². The van der Waals surface area contributed by atoms with Crippen LogP contribution in [0.1, 0.15) is 15.9 Å². The van der Waals surface area contributed by atoms with Gasteiger partial charge in [-0.15, -0.1) is 0 Å². The lowest BCUT2D eigenvalue weighted by Crippen LogP contribution is -2.36. The Bertz CT molecular complexity index is 1410. The summed E-state index contributed by atoms with van der Waals surface area (Å²) in [6, 6.07) is 20.0. The van der Waals surface area contributed by atoms with Crippen LogP contribution in [-0.2, 0) is 9.59 Å². The molecular weight excluding hydrogens is 486 g/mol. The largest absolute Gasteiger partial charge is 0.423 e. The van der Waals surface area contributed by atoms with E-state index in [0.717, 1.165) is 11.0 Å². The zero-order chi connectivity index (χ0) is 25.7. The molecule has 11 heteroatoms. The molecule has 180 valence electrons. The van der Waals surface area contributed by atoms with Crippen molar-refractivity contribution in [3.8, 4) is 5.75 Å². The number of ether oxygens (including phenoxy) is 1. The van der Waals surface area contributed by atoms with Crippen molar-refractivity contribution in [1.29, 1.82) is 0 Å². The SMILES string of the molecule is O=C(CN1C(=O)S/C(=C\c2cccc(OC(=O)c3cccc([N+](=O)[O-])c3)c2)C1=O)Nc1ccccc1. The number of hydrogen-bond acceptors (Lipinski definition) is 8. The maximum Gasteiger partial charge on any atom is 0.343 e. The Hall–Kier alpha value is -4.77. The van der Waals surface area contributed by atoms with E-state index >= 15 is 0 Å². The van der Waals surface area contributed by atoms with Crippen LogP contribution in [-0.4, -0.2) is 39.4 Å². The summed E-state index contributed by atoms with van der Waals surface area (Å²) < 4.78 is 5.31. The first-order valence-corrected chi connectivity index (χ1v) is 11.3. The number of nitrogens with one attached hydrogen (secondary N) is 1. The number of amides is 3. The number of non-ortho nitro benzene ring substituents is 1. The maximum absolute atomic E-state index is 12.7. The molecule has 10 nitrogen and oxygen atoms in total. The molecule has 0 unspecified atom stereocenters. The first-order valence-electron chi connectivity index (χ1n) is 10.5. The molecule has 1 aliphatic heterocycles. The fourth-order valence-electron chi connectivity index (χ4n) is 3.23. The number of nitro groups is 1. The molecule has 1 heterocycles. The number of thioether (sulfide) groups is 1. The van der Waals surface area contributed by atoms with Gasteiger partial charge in [0.25, 0.3) is 16.8 Å². The fraction of sp³-hybridized carbons (Fsp3) is 0.0400. The third-order valence-corrected chi connectivity index (χ3v) is 5.80. The van der Waals surface area contributed by atoms with Crippen molar-refractivity contribution in [3.05, 3.63) is 105 Å². The normalized spacial score (nSPS) is 14.1. The molecular formula is C25H17N3O7S. The number of esters is 1. The predicted molar refractivity (Wildman–Crippen MR) is 132 cm³/mol. The van der Waals surface area contributed by atoms with Gasteiger partial charge in [-0.05, 0) is 53.7 Å². The topological polar surface area (TPSA) is 136 Å². The van der Waals surface area contributed by atoms with Crippen LogP contribution >= 0.6 is 11.8 Å². The van der Waals surface area contributed by atoms with Crippen LogP contribution in [0.3, 0.4) is 0 Å². The summed E-state index contributed by atoms with van der Waals surface area (Å²) in [6.07, 6.45) is 1.45. The molecule has 0 spiro atoms. The summed E-state index contributed by atoms with van der Waals surface area (Å²) in [7, 11) is 0. The van der Waals surface area contributed by atoms with Crippen LogP contribution < -0.4 is 10.1 Å². The molecule has 0 saturated carbocycles. The number of para-hydroxylation sites is 1. The third-order valence-electron chi connectivity index (χ3n) is 4.89. The van der Waals surface area contributed by atoms with Gasteiger partial charge in [-0.3, -0.25) is 29.4 Å². The van der Waals surface area contributed by atoms with Gasteiger partial charge in [0.05, 0.1) is 15.4 Å². The van der Waals surface area contributed by atoms with Gasteiger partial charge in [0, 0.05) is 17.8 Å². The van der Waals surface area contributed by atoms with E-state index in [9.17, 15) is 29.3 Å². The summed E-state index contributed by atoms with van der Waals surface area (Å²) in [5.41, 5.74) is 0.774. The molecule has 3 aromatic carbocycles. The molecule has 0 aromatic heterocycles. The van der Waals surface area contributed by atoms with Gasteiger partial charge in [0.2, 0.25) is 5.91 Å². The molecule has 1 saturated heterocycles. The Morgan fingerprint density at radius 1 is 1.00 bits per heavy atom. The number of anilines is 1. The van der Waals surface area contributed by atoms with E-state index in [2.05, 4.69) is 5.32 Å². The smallest absolute Gasteiger partial charge is 0.343 e. The van der Waals surface area contributed by atoms with Gasteiger partial charge in [-0.25, -0.2) is 4.79 Å². The zero-order valence-corrected chi connectivity index (χ0v) is 19.3. The minimum absolute atomic E-state index is 0.00417. The quantitative estimate of drug-likeness (QED) is 0.164. The molecule has 0 aliphatic carbocycles. The van der Waals surface area contributed by atoms with Crippen LogP contribution in [0.4, 0.5) is 16.2 Å². The molecule has 0 bridgehead atoms. The standard InChI is InChI=1S/C25H17N3O7S/c29-22(26-18-8-2-1-3-9-18)15-27-23(30)21(36-25(27)32)13-16-6-4-11-20(12-16)35-24(31)17-7-5-10-19(14-17)28(33)34/h1-14H,15H2,(H,26,29)/b21-13-. The molecule has 3 aromatic rings.